The largest absolute Gasteiger partial charge is 0.393 e. The van der Waals surface area contributed by atoms with Crippen LogP contribution in [0, 0.1) is 0 Å². The van der Waals surface area contributed by atoms with E-state index in [4.69, 9.17) is 0 Å². The third-order valence-electron chi connectivity index (χ3n) is 4.41. The van der Waals surface area contributed by atoms with E-state index < -0.39 is 0 Å². The van der Waals surface area contributed by atoms with Crippen molar-refractivity contribution >= 4 is 11.2 Å². The van der Waals surface area contributed by atoms with Crippen LogP contribution in [0.5, 0.6) is 0 Å². The van der Waals surface area contributed by atoms with E-state index >= 15 is 0 Å². The molecule has 118 valence electrons. The topological polar surface area (TPSA) is 96.7 Å². The number of rotatable bonds is 2. The van der Waals surface area contributed by atoms with Crippen LogP contribution in [0.4, 0.5) is 0 Å². The zero-order valence-electron chi connectivity index (χ0n) is 12.5. The second-order valence-corrected chi connectivity index (χ2v) is 5.94. The van der Waals surface area contributed by atoms with E-state index in [2.05, 4.69) is 19.9 Å². The van der Waals surface area contributed by atoms with Crippen LogP contribution >= 0.6 is 0 Å². The Morgan fingerprint density at radius 3 is 2.78 bits per heavy atom. The standard InChI is InChI=1S/C16H17N5O2/c22-12-5-3-11(4-6-12)21-15-13(19-16(21)23)9-18-14(20-15)10-2-1-7-17-8-10/h1-2,7-9,11-12,22H,3-6H2,(H,19,23). The molecule has 7 heteroatoms. The molecule has 0 spiro atoms. The van der Waals surface area contributed by atoms with E-state index in [0.29, 0.717) is 29.8 Å². The van der Waals surface area contributed by atoms with Gasteiger partial charge in [-0.15, -0.1) is 0 Å². The van der Waals surface area contributed by atoms with E-state index in [1.165, 1.54) is 0 Å². The number of fused-ring (bicyclic) bond motifs is 1. The van der Waals surface area contributed by atoms with Crippen molar-refractivity contribution in [1.82, 2.24) is 24.5 Å². The van der Waals surface area contributed by atoms with Gasteiger partial charge in [-0.05, 0) is 37.8 Å². The fourth-order valence-corrected chi connectivity index (χ4v) is 3.21. The monoisotopic (exact) mass is 311 g/mol. The molecule has 0 atom stereocenters. The molecule has 1 aliphatic carbocycles. The minimum Gasteiger partial charge on any atom is -0.393 e. The first-order chi connectivity index (χ1) is 11.2. The molecule has 3 aromatic heterocycles. The van der Waals surface area contributed by atoms with E-state index in [-0.39, 0.29) is 17.8 Å². The molecule has 0 aromatic carbocycles. The van der Waals surface area contributed by atoms with E-state index in [1.54, 1.807) is 23.2 Å². The predicted molar refractivity (Wildman–Crippen MR) is 84.9 cm³/mol. The summed E-state index contributed by atoms with van der Waals surface area (Å²) in [6.07, 6.45) is 7.76. The van der Waals surface area contributed by atoms with Crippen molar-refractivity contribution < 1.29 is 5.11 Å². The van der Waals surface area contributed by atoms with E-state index in [0.717, 1.165) is 18.4 Å². The number of hydrogen-bond acceptors (Lipinski definition) is 5. The van der Waals surface area contributed by atoms with Crippen molar-refractivity contribution in [2.75, 3.05) is 0 Å². The molecular weight excluding hydrogens is 294 g/mol. The second-order valence-electron chi connectivity index (χ2n) is 5.94. The molecule has 3 aromatic rings. The number of aliphatic hydroxyl groups excluding tert-OH is 1. The van der Waals surface area contributed by atoms with Crippen molar-refractivity contribution in [3.63, 3.8) is 0 Å². The molecule has 0 radical (unpaired) electrons. The highest BCUT2D eigenvalue weighted by Gasteiger charge is 2.24. The number of imidazole rings is 1. The average Bonchev–Trinajstić information content (AvgIpc) is 2.91. The van der Waals surface area contributed by atoms with Gasteiger partial charge in [-0.1, -0.05) is 0 Å². The molecule has 0 unspecified atom stereocenters. The average molecular weight is 311 g/mol. The molecule has 4 rings (SSSR count). The Hall–Kier alpha value is -2.54. The van der Waals surface area contributed by atoms with Gasteiger partial charge in [0.2, 0.25) is 0 Å². The Kier molecular flexibility index (Phi) is 3.42. The zero-order valence-corrected chi connectivity index (χ0v) is 12.5. The van der Waals surface area contributed by atoms with Gasteiger partial charge in [0.05, 0.1) is 12.3 Å². The van der Waals surface area contributed by atoms with E-state index in [1.807, 2.05) is 12.1 Å². The summed E-state index contributed by atoms with van der Waals surface area (Å²) in [5.41, 5.74) is 1.90. The number of H-pyrrole nitrogens is 1. The number of nitrogens with one attached hydrogen (secondary N) is 1. The summed E-state index contributed by atoms with van der Waals surface area (Å²) in [5.74, 6) is 0.550. The van der Waals surface area contributed by atoms with Gasteiger partial charge in [-0.2, -0.15) is 0 Å². The summed E-state index contributed by atoms with van der Waals surface area (Å²) < 4.78 is 1.71. The number of nitrogens with zero attached hydrogens (tertiary/aromatic N) is 4. The Balaban J connectivity index is 1.81. The van der Waals surface area contributed by atoms with Crippen LogP contribution in [0.15, 0.2) is 35.5 Å². The third kappa shape index (κ3) is 2.53. The third-order valence-corrected chi connectivity index (χ3v) is 4.41. The molecule has 0 bridgehead atoms. The van der Waals surface area contributed by atoms with Crippen molar-refractivity contribution in [3.8, 4) is 11.4 Å². The lowest BCUT2D eigenvalue weighted by Crippen LogP contribution is -2.27. The fraction of sp³-hybridized carbons (Fsp3) is 0.375. The molecule has 0 aliphatic heterocycles. The molecule has 0 amide bonds. The first-order valence-corrected chi connectivity index (χ1v) is 7.78. The molecule has 1 fully saturated rings. The fourth-order valence-electron chi connectivity index (χ4n) is 3.21. The number of aromatic nitrogens is 5. The van der Waals surface area contributed by atoms with Crippen molar-refractivity contribution in [2.45, 2.75) is 37.8 Å². The first-order valence-electron chi connectivity index (χ1n) is 7.78. The number of aromatic amines is 1. The molecule has 1 aliphatic rings. The van der Waals surface area contributed by atoms with Crippen LogP contribution in [-0.4, -0.2) is 35.7 Å². The van der Waals surface area contributed by atoms with Gasteiger partial charge in [0.15, 0.2) is 11.5 Å². The first kappa shape index (κ1) is 14.1. The van der Waals surface area contributed by atoms with Crippen molar-refractivity contribution in [2.24, 2.45) is 0 Å². The van der Waals surface area contributed by atoms with Gasteiger partial charge in [-0.25, -0.2) is 14.8 Å². The summed E-state index contributed by atoms with van der Waals surface area (Å²) >= 11 is 0. The highest BCUT2D eigenvalue weighted by atomic mass is 16.3. The van der Waals surface area contributed by atoms with Crippen LogP contribution in [0.2, 0.25) is 0 Å². The number of aliphatic hydroxyl groups is 1. The molecule has 1 saturated carbocycles. The summed E-state index contributed by atoms with van der Waals surface area (Å²) in [6.45, 7) is 0. The second kappa shape index (κ2) is 5.58. The summed E-state index contributed by atoms with van der Waals surface area (Å²) in [6, 6.07) is 3.78. The van der Waals surface area contributed by atoms with Crippen LogP contribution in [0.1, 0.15) is 31.7 Å². The summed E-state index contributed by atoms with van der Waals surface area (Å²) in [7, 11) is 0. The Bertz CT molecular complexity index is 878. The number of pyridine rings is 1. The zero-order chi connectivity index (χ0) is 15.8. The highest BCUT2D eigenvalue weighted by Crippen LogP contribution is 2.29. The lowest BCUT2D eigenvalue weighted by atomic mass is 9.93. The van der Waals surface area contributed by atoms with Crippen LogP contribution in [-0.2, 0) is 0 Å². The lowest BCUT2D eigenvalue weighted by Gasteiger charge is -2.25. The van der Waals surface area contributed by atoms with Crippen LogP contribution in [0.25, 0.3) is 22.6 Å². The smallest absolute Gasteiger partial charge is 0.327 e. The predicted octanol–water partition coefficient (Wildman–Crippen LogP) is 1.66. The van der Waals surface area contributed by atoms with Gasteiger partial charge >= 0.3 is 5.69 Å². The Morgan fingerprint density at radius 2 is 2.04 bits per heavy atom. The molecular formula is C16H17N5O2. The van der Waals surface area contributed by atoms with E-state index in [9.17, 15) is 9.90 Å². The maximum absolute atomic E-state index is 12.3. The number of hydrogen-bond donors (Lipinski definition) is 2. The minimum atomic E-state index is -0.257. The summed E-state index contributed by atoms with van der Waals surface area (Å²) in [4.78, 5) is 28.1. The Labute approximate surface area is 132 Å². The van der Waals surface area contributed by atoms with Gasteiger partial charge in [-0.3, -0.25) is 9.55 Å². The molecule has 7 nitrogen and oxygen atoms in total. The van der Waals surface area contributed by atoms with Gasteiger partial charge in [0, 0.05) is 24.0 Å². The maximum atomic E-state index is 12.3. The normalized spacial score (nSPS) is 21.6. The molecule has 3 heterocycles. The maximum Gasteiger partial charge on any atom is 0.327 e. The summed E-state index contributed by atoms with van der Waals surface area (Å²) in [5, 5.41) is 9.67. The lowest BCUT2D eigenvalue weighted by molar-refractivity contribution is 0.111. The SMILES string of the molecule is O=c1[nH]c2cnc(-c3cccnc3)nc2n1C1CCC(O)CC1. The highest BCUT2D eigenvalue weighted by molar-refractivity contribution is 5.72. The molecule has 0 saturated heterocycles. The van der Waals surface area contributed by atoms with Gasteiger partial charge in [0.1, 0.15) is 5.52 Å². The molecule has 2 N–H and O–H groups in total. The molecule has 23 heavy (non-hydrogen) atoms. The van der Waals surface area contributed by atoms with Gasteiger partial charge < -0.3 is 10.1 Å². The van der Waals surface area contributed by atoms with Gasteiger partial charge in [0.25, 0.3) is 0 Å². The van der Waals surface area contributed by atoms with Crippen LogP contribution < -0.4 is 5.69 Å². The quantitative estimate of drug-likeness (QED) is 0.750. The van der Waals surface area contributed by atoms with Crippen LogP contribution in [0.3, 0.4) is 0 Å². The van der Waals surface area contributed by atoms with Crippen molar-refractivity contribution in [3.05, 3.63) is 41.2 Å². The minimum absolute atomic E-state index is 0.0660. The Morgan fingerprint density at radius 1 is 1.22 bits per heavy atom. The van der Waals surface area contributed by atoms with Crippen molar-refractivity contribution in [1.29, 1.82) is 0 Å².